The van der Waals surface area contributed by atoms with E-state index in [-0.39, 0.29) is 18.0 Å². The molecule has 1 aliphatic carbocycles. The van der Waals surface area contributed by atoms with Crippen LogP contribution in [-0.4, -0.2) is 55.2 Å². The lowest BCUT2D eigenvalue weighted by Gasteiger charge is -2.36. The van der Waals surface area contributed by atoms with Gasteiger partial charge in [0.1, 0.15) is 0 Å². The zero-order valence-electron chi connectivity index (χ0n) is 24.1. The Balaban J connectivity index is 1.56. The van der Waals surface area contributed by atoms with Gasteiger partial charge in [-0.05, 0) is 127 Å². The minimum absolute atomic E-state index is 0.141. The summed E-state index contributed by atoms with van der Waals surface area (Å²) in [6, 6.07) is 7.27. The number of aromatic nitrogens is 1. The molecule has 4 rings (SSSR count). The SMILES string of the molecule is Cc1cc(C)c(CNC(=O)c2cc(C3CCOCC3)cc(NC(C)C3CCC(N(C)C)CC3)c2C)c(=O)[nH]1. The van der Waals surface area contributed by atoms with Crippen LogP contribution >= 0.6 is 0 Å². The molecule has 1 aliphatic heterocycles. The smallest absolute Gasteiger partial charge is 0.253 e. The Hall–Kier alpha value is -2.64. The van der Waals surface area contributed by atoms with E-state index in [1.807, 2.05) is 26.8 Å². The monoisotopic (exact) mass is 522 g/mol. The predicted octanol–water partition coefficient (Wildman–Crippen LogP) is 5.04. The molecule has 1 atom stereocenters. The summed E-state index contributed by atoms with van der Waals surface area (Å²) in [5.41, 5.74) is 6.05. The summed E-state index contributed by atoms with van der Waals surface area (Å²) in [6.45, 7) is 9.81. The van der Waals surface area contributed by atoms with Gasteiger partial charge in [-0.1, -0.05) is 0 Å². The maximum Gasteiger partial charge on any atom is 0.253 e. The summed E-state index contributed by atoms with van der Waals surface area (Å²) < 4.78 is 5.61. The molecule has 1 aromatic heterocycles. The number of aromatic amines is 1. The lowest BCUT2D eigenvalue weighted by Crippen LogP contribution is -2.36. The predicted molar refractivity (Wildman–Crippen MR) is 154 cm³/mol. The molecule has 1 saturated heterocycles. The van der Waals surface area contributed by atoms with E-state index in [1.54, 1.807) is 0 Å². The third-order valence-electron chi connectivity index (χ3n) is 8.85. The lowest BCUT2D eigenvalue weighted by atomic mass is 9.81. The molecular formula is C31H46N4O3. The van der Waals surface area contributed by atoms with Crippen LogP contribution in [-0.2, 0) is 11.3 Å². The molecule has 0 spiro atoms. The molecule has 1 saturated carbocycles. The molecule has 38 heavy (non-hydrogen) atoms. The summed E-state index contributed by atoms with van der Waals surface area (Å²) >= 11 is 0. The van der Waals surface area contributed by atoms with E-state index in [0.29, 0.717) is 35.0 Å². The van der Waals surface area contributed by atoms with Crippen molar-refractivity contribution in [3.63, 3.8) is 0 Å². The zero-order valence-corrected chi connectivity index (χ0v) is 24.1. The number of aryl methyl sites for hydroxylation is 2. The van der Waals surface area contributed by atoms with Crippen LogP contribution in [0.5, 0.6) is 0 Å². The van der Waals surface area contributed by atoms with Crippen molar-refractivity contribution in [1.82, 2.24) is 15.2 Å². The number of hydrogen-bond acceptors (Lipinski definition) is 5. The highest BCUT2D eigenvalue weighted by Crippen LogP contribution is 2.35. The fraction of sp³-hybridized carbons (Fsp3) is 0.613. The fourth-order valence-corrected chi connectivity index (χ4v) is 6.24. The number of amides is 1. The van der Waals surface area contributed by atoms with Gasteiger partial charge in [0, 0.05) is 54.4 Å². The number of anilines is 1. The molecule has 208 valence electrons. The number of rotatable bonds is 8. The van der Waals surface area contributed by atoms with Crippen molar-refractivity contribution in [3.8, 4) is 0 Å². The third kappa shape index (κ3) is 6.67. The van der Waals surface area contributed by atoms with Gasteiger partial charge in [0.05, 0.1) is 0 Å². The van der Waals surface area contributed by atoms with Gasteiger partial charge >= 0.3 is 0 Å². The van der Waals surface area contributed by atoms with Crippen LogP contribution in [0.15, 0.2) is 23.0 Å². The molecule has 3 N–H and O–H groups in total. The molecule has 2 heterocycles. The number of hydrogen-bond donors (Lipinski definition) is 3. The average Bonchev–Trinajstić information content (AvgIpc) is 2.89. The zero-order chi connectivity index (χ0) is 27.4. The molecule has 0 radical (unpaired) electrons. The van der Waals surface area contributed by atoms with Gasteiger partial charge in [-0.2, -0.15) is 0 Å². The first-order valence-corrected chi connectivity index (χ1v) is 14.3. The van der Waals surface area contributed by atoms with Crippen LogP contribution in [0.25, 0.3) is 0 Å². The van der Waals surface area contributed by atoms with Crippen molar-refractivity contribution < 1.29 is 9.53 Å². The molecule has 7 heteroatoms. The third-order valence-corrected chi connectivity index (χ3v) is 8.85. The van der Waals surface area contributed by atoms with Crippen molar-refractivity contribution in [3.05, 3.63) is 62.1 Å². The quantitative estimate of drug-likeness (QED) is 0.452. The van der Waals surface area contributed by atoms with Crippen LogP contribution in [0.1, 0.15) is 89.7 Å². The molecule has 2 aromatic rings. The van der Waals surface area contributed by atoms with Crippen LogP contribution in [0, 0.1) is 26.7 Å². The summed E-state index contributed by atoms with van der Waals surface area (Å²) in [5, 5.41) is 6.85. The Morgan fingerprint density at radius 3 is 2.37 bits per heavy atom. The fourth-order valence-electron chi connectivity index (χ4n) is 6.24. The van der Waals surface area contributed by atoms with Crippen LogP contribution in [0.3, 0.4) is 0 Å². The molecule has 0 bridgehead atoms. The maximum atomic E-state index is 13.5. The van der Waals surface area contributed by atoms with Gasteiger partial charge in [0.25, 0.3) is 11.5 Å². The van der Waals surface area contributed by atoms with Crippen LogP contribution in [0.2, 0.25) is 0 Å². The first-order chi connectivity index (χ1) is 18.1. The average molecular weight is 523 g/mol. The van der Waals surface area contributed by atoms with Gasteiger partial charge in [0.15, 0.2) is 0 Å². The maximum absolute atomic E-state index is 13.5. The van der Waals surface area contributed by atoms with E-state index in [4.69, 9.17) is 4.74 Å². The second-order valence-corrected chi connectivity index (χ2v) is 11.7. The Bertz CT molecular complexity index is 1170. The molecular weight excluding hydrogens is 476 g/mol. The van der Waals surface area contributed by atoms with Gasteiger partial charge in [0.2, 0.25) is 0 Å². The molecule has 2 fully saturated rings. The minimum Gasteiger partial charge on any atom is -0.382 e. The number of benzene rings is 1. The Labute approximate surface area is 227 Å². The van der Waals surface area contributed by atoms with E-state index in [0.717, 1.165) is 48.6 Å². The van der Waals surface area contributed by atoms with Gasteiger partial charge in [-0.25, -0.2) is 0 Å². The number of carbonyl (C=O) groups excluding carboxylic acids is 1. The van der Waals surface area contributed by atoms with E-state index in [2.05, 4.69) is 53.7 Å². The van der Waals surface area contributed by atoms with Gasteiger partial charge in [-0.3, -0.25) is 9.59 Å². The number of pyridine rings is 1. The standard InChI is InChI=1S/C31H46N4O3/c1-19-15-20(2)33-31(37)28(19)18-32-30(36)27-16-25(24-11-13-38-14-12-24)17-29(21(27)3)34-22(4)23-7-9-26(10-8-23)35(5)6/h15-17,22-24,26,34H,7-14,18H2,1-6H3,(H,32,36)(H,33,37). The van der Waals surface area contributed by atoms with Crippen LogP contribution in [0.4, 0.5) is 5.69 Å². The number of nitrogens with one attached hydrogen (secondary N) is 3. The van der Waals surface area contributed by atoms with Crippen molar-refractivity contribution in [2.24, 2.45) is 5.92 Å². The van der Waals surface area contributed by atoms with Crippen molar-refractivity contribution in [2.75, 3.05) is 32.6 Å². The number of nitrogens with zero attached hydrogens (tertiary/aromatic N) is 1. The number of carbonyl (C=O) groups is 1. The summed E-state index contributed by atoms with van der Waals surface area (Å²) in [6.07, 6.45) is 6.82. The number of H-pyrrole nitrogens is 1. The Kier molecular flexibility index (Phi) is 9.32. The minimum atomic E-state index is -0.143. The summed E-state index contributed by atoms with van der Waals surface area (Å²) in [4.78, 5) is 31.2. The van der Waals surface area contributed by atoms with E-state index < -0.39 is 0 Å². The second kappa shape index (κ2) is 12.5. The summed E-state index contributed by atoms with van der Waals surface area (Å²) in [7, 11) is 4.36. The largest absolute Gasteiger partial charge is 0.382 e. The van der Waals surface area contributed by atoms with E-state index in [9.17, 15) is 9.59 Å². The van der Waals surface area contributed by atoms with Crippen LogP contribution < -0.4 is 16.2 Å². The highest BCUT2D eigenvalue weighted by atomic mass is 16.5. The highest BCUT2D eigenvalue weighted by molar-refractivity contribution is 5.97. The van der Waals surface area contributed by atoms with Gasteiger partial charge < -0.3 is 25.3 Å². The number of ether oxygens (including phenoxy) is 1. The van der Waals surface area contributed by atoms with E-state index in [1.165, 1.54) is 31.2 Å². The van der Waals surface area contributed by atoms with Crippen molar-refractivity contribution in [2.45, 2.75) is 90.8 Å². The molecule has 2 aliphatic rings. The van der Waals surface area contributed by atoms with Crippen molar-refractivity contribution >= 4 is 11.6 Å². The first-order valence-electron chi connectivity index (χ1n) is 14.3. The topological polar surface area (TPSA) is 86.5 Å². The normalized spacial score (nSPS) is 21.3. The molecule has 1 unspecified atom stereocenters. The van der Waals surface area contributed by atoms with E-state index >= 15 is 0 Å². The van der Waals surface area contributed by atoms with Crippen molar-refractivity contribution in [1.29, 1.82) is 0 Å². The molecule has 1 aromatic carbocycles. The molecule has 7 nitrogen and oxygen atoms in total. The molecule has 1 amide bonds. The Morgan fingerprint density at radius 2 is 1.74 bits per heavy atom. The first kappa shape index (κ1) is 28.4. The second-order valence-electron chi connectivity index (χ2n) is 11.7. The lowest BCUT2D eigenvalue weighted by molar-refractivity contribution is 0.0853. The summed E-state index contributed by atoms with van der Waals surface area (Å²) in [5.74, 6) is 0.855. The Morgan fingerprint density at radius 1 is 1.05 bits per heavy atom. The van der Waals surface area contributed by atoms with Gasteiger partial charge in [-0.15, -0.1) is 0 Å². The highest BCUT2D eigenvalue weighted by Gasteiger charge is 2.27.